The van der Waals surface area contributed by atoms with E-state index in [0.717, 1.165) is 17.7 Å². The molecule has 0 radical (unpaired) electrons. The zero-order chi connectivity index (χ0) is 9.00. The molecule has 1 aliphatic heterocycles. The number of carbonyl (C=O) groups is 1. The van der Waals surface area contributed by atoms with E-state index in [2.05, 4.69) is 10.2 Å². The molecule has 0 saturated heterocycles. The zero-order valence-electron chi connectivity index (χ0n) is 6.90. The van der Waals surface area contributed by atoms with Gasteiger partial charge in [-0.05, 0) is 24.7 Å². The van der Waals surface area contributed by atoms with Gasteiger partial charge in [0.2, 0.25) is 0 Å². The Bertz CT molecular complexity index is 392. The van der Waals surface area contributed by atoms with Crippen molar-refractivity contribution in [2.75, 3.05) is 0 Å². The van der Waals surface area contributed by atoms with Gasteiger partial charge < -0.3 is 5.11 Å². The average molecular weight is 176 g/mol. The molecule has 3 rings (SSSR count). The summed E-state index contributed by atoms with van der Waals surface area (Å²) in [5.74, 6) is 0.339. The van der Waals surface area contributed by atoms with Crippen LogP contribution in [0.5, 0.6) is 0 Å². The Morgan fingerprint density at radius 1 is 1.54 bits per heavy atom. The van der Waals surface area contributed by atoms with E-state index in [1.165, 1.54) is 6.42 Å². The van der Waals surface area contributed by atoms with Crippen molar-refractivity contribution in [2.45, 2.75) is 12.8 Å². The molecule has 4 heteroatoms. The molecule has 4 nitrogen and oxygen atoms in total. The summed E-state index contributed by atoms with van der Waals surface area (Å²) >= 11 is 0. The van der Waals surface area contributed by atoms with Crippen molar-refractivity contribution in [1.29, 1.82) is 0 Å². The lowest BCUT2D eigenvalue weighted by atomic mass is 9.95. The highest BCUT2D eigenvalue weighted by Gasteiger charge is 2.43. The van der Waals surface area contributed by atoms with E-state index in [1.807, 2.05) is 6.08 Å². The summed E-state index contributed by atoms with van der Waals surface area (Å²) < 4.78 is 0. The van der Waals surface area contributed by atoms with Crippen LogP contribution in [0.25, 0.3) is 0 Å². The van der Waals surface area contributed by atoms with Crippen LogP contribution < -0.4 is 0 Å². The lowest BCUT2D eigenvalue weighted by Crippen LogP contribution is -2.19. The van der Waals surface area contributed by atoms with E-state index in [1.54, 1.807) is 0 Å². The van der Waals surface area contributed by atoms with Crippen LogP contribution in [0.3, 0.4) is 0 Å². The van der Waals surface area contributed by atoms with Crippen molar-refractivity contribution in [3.05, 3.63) is 11.6 Å². The van der Waals surface area contributed by atoms with Gasteiger partial charge in [0.15, 0.2) is 5.71 Å². The zero-order valence-corrected chi connectivity index (χ0v) is 6.90. The molecule has 0 aromatic heterocycles. The normalized spacial score (nSPS) is 34.0. The molecule has 0 amide bonds. The molecule has 13 heavy (non-hydrogen) atoms. The molecule has 2 atom stereocenters. The first-order valence-electron chi connectivity index (χ1n) is 4.36. The van der Waals surface area contributed by atoms with Gasteiger partial charge in [-0.25, -0.2) is 4.79 Å². The second-order valence-electron chi connectivity index (χ2n) is 3.74. The predicted octanol–water partition coefficient (Wildman–Crippen LogP) is 0.848. The van der Waals surface area contributed by atoms with Crippen LogP contribution in [-0.2, 0) is 4.79 Å². The van der Waals surface area contributed by atoms with Gasteiger partial charge >= 0.3 is 5.97 Å². The minimum Gasteiger partial charge on any atom is -0.476 e. The number of hydrogen-bond donors (Lipinski definition) is 1. The molecule has 1 saturated carbocycles. The second-order valence-corrected chi connectivity index (χ2v) is 3.74. The van der Waals surface area contributed by atoms with Crippen LogP contribution in [0, 0.1) is 11.8 Å². The third-order valence-electron chi connectivity index (χ3n) is 2.85. The van der Waals surface area contributed by atoms with Crippen LogP contribution >= 0.6 is 0 Å². The number of allylic oxidation sites excluding steroid dienone is 1. The molecule has 0 bridgehead atoms. The summed E-state index contributed by atoms with van der Waals surface area (Å²) in [7, 11) is 0. The number of aliphatic carboxylic acids is 1. The van der Waals surface area contributed by atoms with E-state index in [9.17, 15) is 4.79 Å². The number of nitrogens with zero attached hydrogens (tertiary/aromatic N) is 2. The summed E-state index contributed by atoms with van der Waals surface area (Å²) in [6.07, 6.45) is 4.12. The molecule has 0 aromatic rings. The first-order chi connectivity index (χ1) is 6.25. The maximum absolute atomic E-state index is 10.7. The van der Waals surface area contributed by atoms with Gasteiger partial charge in [0.25, 0.3) is 0 Å². The summed E-state index contributed by atoms with van der Waals surface area (Å²) in [5, 5.41) is 16.4. The van der Waals surface area contributed by atoms with Crippen molar-refractivity contribution < 1.29 is 9.90 Å². The molecular weight excluding hydrogens is 168 g/mol. The van der Waals surface area contributed by atoms with Crippen LogP contribution in [0.4, 0.5) is 0 Å². The number of hydrogen-bond acceptors (Lipinski definition) is 3. The van der Waals surface area contributed by atoms with E-state index in [4.69, 9.17) is 5.11 Å². The van der Waals surface area contributed by atoms with Gasteiger partial charge in [-0.15, -0.1) is 5.10 Å². The highest BCUT2D eigenvalue weighted by molar-refractivity contribution is 6.51. The average Bonchev–Trinajstić information content (AvgIpc) is 2.70. The molecule has 3 aliphatic rings. The monoisotopic (exact) mass is 176 g/mol. The Morgan fingerprint density at radius 2 is 2.38 bits per heavy atom. The van der Waals surface area contributed by atoms with Crippen molar-refractivity contribution in [3.63, 3.8) is 0 Å². The molecule has 1 N–H and O–H groups in total. The Hall–Kier alpha value is -1.45. The molecule has 1 heterocycles. The first-order valence-corrected chi connectivity index (χ1v) is 4.36. The predicted molar refractivity (Wildman–Crippen MR) is 46.8 cm³/mol. The maximum atomic E-state index is 10.7. The fraction of sp³-hybridized carbons (Fsp3) is 0.444. The van der Waals surface area contributed by atoms with Crippen LogP contribution in [0.2, 0.25) is 0 Å². The fourth-order valence-corrected chi connectivity index (χ4v) is 2.01. The number of fused-ring (bicyclic) bond motifs is 2. The van der Waals surface area contributed by atoms with Crippen LogP contribution in [0.1, 0.15) is 12.8 Å². The number of carboxylic acids is 1. The van der Waals surface area contributed by atoms with Crippen LogP contribution in [-0.4, -0.2) is 22.5 Å². The van der Waals surface area contributed by atoms with E-state index >= 15 is 0 Å². The summed E-state index contributed by atoms with van der Waals surface area (Å²) in [4.78, 5) is 10.7. The number of rotatable bonds is 1. The van der Waals surface area contributed by atoms with Crippen molar-refractivity contribution >= 4 is 17.4 Å². The molecule has 1 fully saturated rings. The minimum atomic E-state index is -0.968. The third-order valence-corrected chi connectivity index (χ3v) is 2.85. The van der Waals surface area contributed by atoms with Crippen LogP contribution in [0.15, 0.2) is 21.9 Å². The lowest BCUT2D eigenvalue weighted by molar-refractivity contribution is -0.129. The lowest BCUT2D eigenvalue weighted by Gasteiger charge is -2.07. The summed E-state index contributed by atoms with van der Waals surface area (Å²) in [6.45, 7) is 0. The van der Waals surface area contributed by atoms with Gasteiger partial charge in [0, 0.05) is 5.57 Å². The summed E-state index contributed by atoms with van der Waals surface area (Å²) in [6, 6.07) is 0. The molecule has 2 aliphatic carbocycles. The molecular formula is C9H8N2O2. The molecule has 66 valence electrons. The fourth-order valence-electron chi connectivity index (χ4n) is 2.01. The highest BCUT2D eigenvalue weighted by atomic mass is 16.4. The molecule has 0 aromatic carbocycles. The Morgan fingerprint density at radius 3 is 3.15 bits per heavy atom. The topological polar surface area (TPSA) is 62.0 Å². The Balaban J connectivity index is 2.02. The Labute approximate surface area is 74.7 Å². The van der Waals surface area contributed by atoms with Crippen molar-refractivity contribution in [1.82, 2.24) is 0 Å². The SMILES string of the molecule is O=C(O)C1=NN=C2CC3CC3C=C21. The van der Waals surface area contributed by atoms with Gasteiger partial charge in [0.1, 0.15) is 0 Å². The standard InChI is InChI=1S/C9H8N2O2/c12-9(13)8-6-2-4-1-5(4)3-7(6)10-11-8/h2,4-5H,1,3H2,(H,12,13). The summed E-state index contributed by atoms with van der Waals surface area (Å²) in [5.41, 5.74) is 1.77. The third kappa shape index (κ3) is 0.883. The van der Waals surface area contributed by atoms with Crippen molar-refractivity contribution in [3.8, 4) is 0 Å². The minimum absolute atomic E-state index is 0.125. The first kappa shape index (κ1) is 7.00. The molecule has 0 spiro atoms. The smallest absolute Gasteiger partial charge is 0.357 e. The largest absolute Gasteiger partial charge is 0.476 e. The van der Waals surface area contributed by atoms with Gasteiger partial charge in [0.05, 0.1) is 5.71 Å². The van der Waals surface area contributed by atoms with Gasteiger partial charge in [-0.3, -0.25) is 0 Å². The van der Waals surface area contributed by atoms with Gasteiger partial charge in [-0.1, -0.05) is 6.08 Å². The van der Waals surface area contributed by atoms with E-state index in [-0.39, 0.29) is 5.71 Å². The van der Waals surface area contributed by atoms with E-state index < -0.39 is 5.97 Å². The van der Waals surface area contributed by atoms with Gasteiger partial charge in [-0.2, -0.15) is 5.10 Å². The number of carboxylic acid groups (broad SMARTS) is 1. The quantitative estimate of drug-likeness (QED) is 0.643. The Kier molecular flexibility index (Phi) is 1.12. The highest BCUT2D eigenvalue weighted by Crippen LogP contribution is 2.47. The maximum Gasteiger partial charge on any atom is 0.357 e. The molecule has 2 unspecified atom stereocenters. The van der Waals surface area contributed by atoms with E-state index in [0.29, 0.717) is 11.8 Å². The van der Waals surface area contributed by atoms with Crippen molar-refractivity contribution in [2.24, 2.45) is 22.0 Å². The second kappa shape index (κ2) is 2.07.